The largest absolute Gasteiger partial charge is 0.478 e. The molecule has 0 spiro atoms. The smallest absolute Gasteiger partial charge is 0.337 e. The molecule has 0 radical (unpaired) electrons. The van der Waals surface area contributed by atoms with Crippen molar-refractivity contribution in [3.8, 4) is 0 Å². The van der Waals surface area contributed by atoms with Crippen LogP contribution < -0.4 is 5.32 Å². The van der Waals surface area contributed by atoms with Crippen LogP contribution in [-0.4, -0.2) is 22.3 Å². The summed E-state index contributed by atoms with van der Waals surface area (Å²) in [7, 11) is 0. The van der Waals surface area contributed by atoms with Crippen LogP contribution in [0.2, 0.25) is 0 Å². The summed E-state index contributed by atoms with van der Waals surface area (Å²) in [5, 5.41) is 13.3. The normalized spacial score (nSPS) is 38.6. The van der Waals surface area contributed by atoms with Gasteiger partial charge in [0.15, 0.2) is 0 Å². The summed E-state index contributed by atoms with van der Waals surface area (Å²) < 4.78 is 0. The molecule has 0 aromatic heterocycles. The lowest BCUT2D eigenvalue weighted by atomic mass is 9.40. The number of carboxylic acid groups (broad SMARTS) is 1. The van der Waals surface area contributed by atoms with E-state index in [1.807, 2.05) is 0 Å². The minimum Gasteiger partial charge on any atom is -0.478 e. The van der Waals surface area contributed by atoms with Crippen molar-refractivity contribution in [3.05, 3.63) is 29.8 Å². The maximum atomic E-state index is 13.3. The van der Waals surface area contributed by atoms with E-state index in [-0.39, 0.29) is 27.7 Å². The third kappa shape index (κ3) is 2.71. The van der Waals surface area contributed by atoms with Crippen molar-refractivity contribution in [2.45, 2.75) is 45.4 Å². The van der Waals surface area contributed by atoms with Gasteiger partial charge >= 0.3 is 5.97 Å². The topological polar surface area (TPSA) is 66.4 Å². The van der Waals surface area contributed by atoms with E-state index in [0.717, 1.165) is 24.6 Å². The molecule has 0 aliphatic heterocycles. The highest BCUT2D eigenvalue weighted by Crippen LogP contribution is 2.70. The van der Waals surface area contributed by atoms with Crippen LogP contribution in [0.5, 0.6) is 0 Å². The molecule has 0 saturated heterocycles. The first-order valence-corrected chi connectivity index (χ1v) is 10.1. The van der Waals surface area contributed by atoms with Gasteiger partial charge in [-0.25, -0.2) is 4.79 Å². The Morgan fingerprint density at radius 2 is 1.96 bits per heavy atom. The lowest BCUT2D eigenvalue weighted by molar-refractivity contribution is -0.164. The fraction of sp³-hybridized carbons (Fsp3) is 0.600. The Balaban J connectivity index is 1.66. The second-order valence-electron chi connectivity index (χ2n) is 9.04. The predicted octanol–water partition coefficient (Wildman–Crippen LogP) is 4.69. The van der Waals surface area contributed by atoms with Crippen LogP contribution in [0, 0.1) is 22.2 Å². The number of nitrogens with one attached hydrogen (secondary N) is 1. The van der Waals surface area contributed by atoms with Crippen molar-refractivity contribution < 1.29 is 14.7 Å². The van der Waals surface area contributed by atoms with E-state index in [9.17, 15) is 14.7 Å². The fourth-order valence-corrected chi connectivity index (χ4v) is 7.20. The molecule has 1 amide bonds. The molecule has 4 saturated carbocycles. The molecule has 25 heavy (non-hydrogen) atoms. The number of carbonyl (C=O) groups is 2. The van der Waals surface area contributed by atoms with E-state index in [4.69, 9.17) is 0 Å². The standard InChI is InChI=1S/C20H24BrNO3/c1-18-6-13-7-19(9-18,12-21)11-20(8-13,10-18)17(25)22-15-5-3-2-4-14(15)16(23)24/h2-5,13H,6-12H2,1H3,(H,22,25)(H,23,24). The minimum atomic E-state index is -1.01. The number of aromatic carboxylic acids is 1. The van der Waals surface area contributed by atoms with E-state index in [1.54, 1.807) is 24.3 Å². The molecular weight excluding hydrogens is 382 g/mol. The number of alkyl halides is 1. The van der Waals surface area contributed by atoms with Gasteiger partial charge in [0.25, 0.3) is 0 Å². The van der Waals surface area contributed by atoms with Gasteiger partial charge in [-0.1, -0.05) is 35.0 Å². The summed E-state index contributed by atoms with van der Waals surface area (Å²) in [6, 6.07) is 6.68. The Hall–Kier alpha value is -1.36. The van der Waals surface area contributed by atoms with Crippen molar-refractivity contribution in [1.29, 1.82) is 0 Å². The number of halogens is 1. The molecule has 4 aliphatic carbocycles. The van der Waals surface area contributed by atoms with E-state index >= 15 is 0 Å². The number of anilines is 1. The zero-order chi connectivity index (χ0) is 17.9. The summed E-state index contributed by atoms with van der Waals surface area (Å²) >= 11 is 3.72. The zero-order valence-electron chi connectivity index (χ0n) is 14.5. The van der Waals surface area contributed by atoms with Crippen molar-refractivity contribution in [1.82, 2.24) is 0 Å². The van der Waals surface area contributed by atoms with Gasteiger partial charge in [-0.3, -0.25) is 4.79 Å². The Bertz CT molecular complexity index is 750. The number of rotatable bonds is 4. The summed E-state index contributed by atoms with van der Waals surface area (Å²) in [5.74, 6) is -0.383. The Morgan fingerprint density at radius 1 is 1.20 bits per heavy atom. The van der Waals surface area contributed by atoms with Gasteiger partial charge in [-0.05, 0) is 67.4 Å². The minimum absolute atomic E-state index is 0.0156. The highest BCUT2D eigenvalue weighted by Gasteiger charge is 2.63. The Labute approximate surface area is 156 Å². The molecule has 5 rings (SSSR count). The van der Waals surface area contributed by atoms with Crippen LogP contribution in [0.4, 0.5) is 5.69 Å². The lowest BCUT2D eigenvalue weighted by Crippen LogP contribution is -2.60. The van der Waals surface area contributed by atoms with Crippen LogP contribution in [-0.2, 0) is 4.79 Å². The average Bonchev–Trinajstić information content (AvgIpc) is 2.53. The monoisotopic (exact) mass is 405 g/mol. The molecule has 134 valence electrons. The number of para-hydroxylation sites is 1. The van der Waals surface area contributed by atoms with Crippen molar-refractivity contribution >= 4 is 33.5 Å². The maximum Gasteiger partial charge on any atom is 0.337 e. The molecular formula is C20H24BrNO3. The predicted molar refractivity (Wildman–Crippen MR) is 100.0 cm³/mol. The number of hydrogen-bond acceptors (Lipinski definition) is 2. The molecule has 1 aromatic carbocycles. The quantitative estimate of drug-likeness (QED) is 0.713. The number of benzene rings is 1. The molecule has 0 heterocycles. The second-order valence-corrected chi connectivity index (χ2v) is 9.60. The highest BCUT2D eigenvalue weighted by atomic mass is 79.9. The molecule has 4 bridgehead atoms. The lowest BCUT2D eigenvalue weighted by Gasteiger charge is -2.65. The van der Waals surface area contributed by atoms with Crippen molar-refractivity contribution in [2.24, 2.45) is 22.2 Å². The second kappa shape index (κ2) is 5.57. The highest BCUT2D eigenvalue weighted by molar-refractivity contribution is 9.09. The van der Waals surface area contributed by atoms with Crippen LogP contribution in [0.25, 0.3) is 0 Å². The first-order chi connectivity index (χ1) is 11.8. The van der Waals surface area contributed by atoms with Gasteiger partial charge < -0.3 is 10.4 Å². The van der Waals surface area contributed by atoms with Crippen LogP contribution >= 0.6 is 15.9 Å². The molecule has 4 atom stereocenters. The average molecular weight is 406 g/mol. The molecule has 4 nitrogen and oxygen atoms in total. The zero-order valence-corrected chi connectivity index (χ0v) is 16.1. The van der Waals surface area contributed by atoms with E-state index in [1.165, 1.54) is 19.3 Å². The van der Waals surface area contributed by atoms with Crippen molar-refractivity contribution in [3.63, 3.8) is 0 Å². The Morgan fingerprint density at radius 3 is 2.64 bits per heavy atom. The van der Waals surface area contributed by atoms with E-state index < -0.39 is 5.97 Å². The summed E-state index contributed by atoms with van der Waals surface area (Å²) in [6.07, 6.45) is 6.42. The van der Waals surface area contributed by atoms with Gasteiger partial charge in [0.05, 0.1) is 16.7 Å². The Kier molecular flexibility index (Phi) is 3.80. The van der Waals surface area contributed by atoms with E-state index in [0.29, 0.717) is 11.6 Å². The van der Waals surface area contributed by atoms with Crippen LogP contribution in [0.3, 0.4) is 0 Å². The summed E-state index contributed by atoms with van der Waals surface area (Å²) in [4.78, 5) is 24.8. The molecule has 1 aromatic rings. The molecule has 4 fully saturated rings. The molecule has 2 N–H and O–H groups in total. The number of carbonyl (C=O) groups excluding carboxylic acids is 1. The molecule has 4 aliphatic rings. The van der Waals surface area contributed by atoms with Gasteiger partial charge in [0.1, 0.15) is 0 Å². The first kappa shape index (κ1) is 17.1. The maximum absolute atomic E-state index is 13.3. The van der Waals surface area contributed by atoms with Gasteiger partial charge in [-0.15, -0.1) is 0 Å². The van der Waals surface area contributed by atoms with Gasteiger partial charge in [0.2, 0.25) is 5.91 Å². The third-order valence-corrected chi connectivity index (χ3v) is 7.82. The third-order valence-electron chi connectivity index (χ3n) is 6.63. The molecule has 4 unspecified atom stereocenters. The number of carboxylic acids is 1. The van der Waals surface area contributed by atoms with Gasteiger partial charge in [-0.2, -0.15) is 0 Å². The SMILES string of the molecule is CC12CC3CC(CBr)(C1)CC(C(=O)Nc1ccccc1C(=O)O)(C3)C2. The van der Waals surface area contributed by atoms with Crippen LogP contribution in [0.1, 0.15) is 55.8 Å². The number of hydrogen-bond donors (Lipinski definition) is 2. The molecule has 5 heteroatoms. The number of amides is 1. The first-order valence-electron chi connectivity index (χ1n) is 8.99. The van der Waals surface area contributed by atoms with Crippen LogP contribution in [0.15, 0.2) is 24.3 Å². The summed E-state index contributed by atoms with van der Waals surface area (Å²) in [5.41, 5.74) is 0.665. The van der Waals surface area contributed by atoms with Gasteiger partial charge in [0, 0.05) is 5.33 Å². The van der Waals surface area contributed by atoms with E-state index in [2.05, 4.69) is 28.2 Å². The summed E-state index contributed by atoms with van der Waals surface area (Å²) in [6.45, 7) is 2.34. The van der Waals surface area contributed by atoms with Crippen molar-refractivity contribution in [2.75, 3.05) is 10.6 Å². The fourth-order valence-electron chi connectivity index (χ4n) is 6.57.